The highest BCUT2D eigenvalue weighted by Gasteiger charge is 2.46. The maximum Gasteiger partial charge on any atom is 0.160 e. The number of aliphatic imine (C=N–C) groups is 1. The molecule has 4 heterocycles. The highest BCUT2D eigenvalue weighted by atomic mass is 35.5. The molecule has 0 amide bonds. The van der Waals surface area contributed by atoms with Crippen LogP contribution in [0.25, 0.3) is 5.69 Å². The van der Waals surface area contributed by atoms with Crippen molar-refractivity contribution in [3.05, 3.63) is 82.4 Å². The summed E-state index contributed by atoms with van der Waals surface area (Å²) in [5, 5.41) is 1.91. The maximum atomic E-state index is 6.30. The van der Waals surface area contributed by atoms with Gasteiger partial charge in [-0.3, -0.25) is 9.98 Å². The molecule has 3 aromatic rings. The molecular weight excluding hydrogens is 412 g/mol. The first-order chi connectivity index (χ1) is 14.6. The minimum absolute atomic E-state index is 0.0105. The smallest absolute Gasteiger partial charge is 0.160 e. The van der Waals surface area contributed by atoms with E-state index in [4.69, 9.17) is 16.6 Å². The van der Waals surface area contributed by atoms with Gasteiger partial charge in [-0.2, -0.15) is 0 Å². The number of hydrogen-bond acceptors (Lipinski definition) is 4. The number of thioether (sulfide) groups is 1. The number of amidine groups is 1. The SMILES string of the molecule is CC[C@H]1CSC2=N[C@@H](c3ccccn3)[C@@H](c3cc(C)n(-c4cccc(Cl)c4)c3C)N21. The molecule has 2 aliphatic heterocycles. The summed E-state index contributed by atoms with van der Waals surface area (Å²) in [6.07, 6.45) is 2.99. The van der Waals surface area contributed by atoms with E-state index in [9.17, 15) is 0 Å². The number of benzene rings is 1. The van der Waals surface area contributed by atoms with Crippen molar-refractivity contribution in [2.75, 3.05) is 5.75 Å². The molecule has 5 rings (SSSR count). The van der Waals surface area contributed by atoms with E-state index in [1.807, 2.05) is 42.2 Å². The maximum absolute atomic E-state index is 6.30. The van der Waals surface area contributed by atoms with Crippen LogP contribution in [0.15, 0.2) is 59.7 Å². The number of hydrogen-bond donors (Lipinski definition) is 0. The summed E-state index contributed by atoms with van der Waals surface area (Å²) >= 11 is 8.18. The van der Waals surface area contributed by atoms with Crippen LogP contribution in [0.1, 0.15) is 48.1 Å². The fourth-order valence-corrected chi connectivity index (χ4v) is 6.31. The lowest BCUT2D eigenvalue weighted by atomic mass is 9.95. The van der Waals surface area contributed by atoms with E-state index in [-0.39, 0.29) is 12.1 Å². The van der Waals surface area contributed by atoms with Crippen LogP contribution < -0.4 is 0 Å². The van der Waals surface area contributed by atoms with Crippen molar-refractivity contribution in [1.82, 2.24) is 14.5 Å². The number of aromatic nitrogens is 2. The number of pyridine rings is 1. The Kier molecular flexibility index (Phi) is 5.11. The Bertz CT molecular complexity index is 1110. The lowest BCUT2D eigenvalue weighted by Gasteiger charge is -2.32. The number of aryl methyl sites for hydroxylation is 1. The van der Waals surface area contributed by atoms with E-state index >= 15 is 0 Å². The van der Waals surface area contributed by atoms with Crippen molar-refractivity contribution in [1.29, 1.82) is 0 Å². The van der Waals surface area contributed by atoms with Crippen LogP contribution in [0.3, 0.4) is 0 Å². The van der Waals surface area contributed by atoms with Gasteiger partial charge in [0.15, 0.2) is 5.17 Å². The third-order valence-corrected chi connectivity index (χ3v) is 7.55. The first-order valence-electron chi connectivity index (χ1n) is 10.4. The molecule has 2 aromatic heterocycles. The van der Waals surface area contributed by atoms with Gasteiger partial charge < -0.3 is 9.47 Å². The monoisotopic (exact) mass is 436 g/mol. The van der Waals surface area contributed by atoms with Crippen molar-refractivity contribution in [2.24, 2.45) is 4.99 Å². The molecule has 2 aliphatic rings. The summed E-state index contributed by atoms with van der Waals surface area (Å²) in [5.74, 6) is 1.10. The molecule has 154 valence electrons. The zero-order chi connectivity index (χ0) is 20.8. The van der Waals surface area contributed by atoms with Gasteiger partial charge in [0.1, 0.15) is 6.04 Å². The van der Waals surface area contributed by atoms with Gasteiger partial charge in [0, 0.05) is 40.1 Å². The average molecular weight is 437 g/mol. The summed E-state index contributed by atoms with van der Waals surface area (Å²) in [5.41, 5.74) is 5.90. The normalized spacial score (nSPS) is 23.0. The van der Waals surface area contributed by atoms with Gasteiger partial charge >= 0.3 is 0 Å². The molecule has 6 heteroatoms. The summed E-state index contributed by atoms with van der Waals surface area (Å²) in [6.45, 7) is 6.65. The molecule has 4 nitrogen and oxygen atoms in total. The van der Waals surface area contributed by atoms with E-state index in [0.717, 1.165) is 33.7 Å². The molecule has 1 saturated heterocycles. The molecule has 1 fully saturated rings. The van der Waals surface area contributed by atoms with Gasteiger partial charge in [-0.1, -0.05) is 42.4 Å². The van der Waals surface area contributed by atoms with Gasteiger partial charge in [0.05, 0.1) is 11.7 Å². The third kappa shape index (κ3) is 3.15. The van der Waals surface area contributed by atoms with Crippen LogP contribution in [0.2, 0.25) is 5.02 Å². The second-order valence-corrected chi connectivity index (χ2v) is 9.40. The van der Waals surface area contributed by atoms with E-state index in [1.54, 1.807) is 0 Å². The Balaban J connectivity index is 1.64. The molecule has 0 unspecified atom stereocenters. The fourth-order valence-electron chi connectivity index (χ4n) is 4.79. The Labute approximate surface area is 187 Å². The quantitative estimate of drug-likeness (QED) is 0.493. The standard InChI is InChI=1S/C24H25ClN4S/c1-4-18-14-30-24-27-22(21-10-5-6-11-26-21)23(29(18)24)20-12-15(2)28(16(20)3)19-9-7-8-17(25)13-19/h5-13,18,22-23H,4,14H2,1-3H3/t18-,22-,23+/m0/s1. The predicted molar refractivity (Wildman–Crippen MR) is 126 cm³/mol. The van der Waals surface area contributed by atoms with Crippen molar-refractivity contribution < 1.29 is 0 Å². The van der Waals surface area contributed by atoms with Crippen molar-refractivity contribution in [2.45, 2.75) is 45.3 Å². The van der Waals surface area contributed by atoms with Gasteiger partial charge in [-0.25, -0.2) is 0 Å². The van der Waals surface area contributed by atoms with Gasteiger partial charge in [0.25, 0.3) is 0 Å². The molecule has 0 saturated carbocycles. The van der Waals surface area contributed by atoms with Gasteiger partial charge in [0.2, 0.25) is 0 Å². The van der Waals surface area contributed by atoms with E-state index in [0.29, 0.717) is 6.04 Å². The number of halogens is 1. The molecule has 0 spiro atoms. The predicted octanol–water partition coefficient (Wildman–Crippen LogP) is 6.12. The molecular formula is C24H25ClN4S. The molecule has 30 heavy (non-hydrogen) atoms. The molecule has 0 N–H and O–H groups in total. The third-order valence-electron chi connectivity index (χ3n) is 6.18. The Morgan fingerprint density at radius 1 is 1.13 bits per heavy atom. The Morgan fingerprint density at radius 3 is 2.73 bits per heavy atom. The topological polar surface area (TPSA) is 33.4 Å². The van der Waals surface area contributed by atoms with Gasteiger partial charge in [-0.15, -0.1) is 0 Å². The second kappa shape index (κ2) is 7.78. The summed E-state index contributed by atoms with van der Waals surface area (Å²) in [7, 11) is 0. The van der Waals surface area contributed by atoms with E-state index < -0.39 is 0 Å². The van der Waals surface area contributed by atoms with Crippen LogP contribution in [0.5, 0.6) is 0 Å². The Hall–Kier alpha value is -2.24. The molecule has 0 radical (unpaired) electrons. The van der Waals surface area contributed by atoms with Crippen molar-refractivity contribution in [3.63, 3.8) is 0 Å². The number of fused-ring (bicyclic) bond motifs is 1. The largest absolute Gasteiger partial charge is 0.338 e. The lowest BCUT2D eigenvalue weighted by molar-refractivity contribution is 0.254. The summed E-state index contributed by atoms with van der Waals surface area (Å²) in [6, 6.07) is 17.2. The Morgan fingerprint density at radius 2 is 2.00 bits per heavy atom. The fraction of sp³-hybridized carbons (Fsp3) is 0.333. The van der Waals surface area contributed by atoms with Crippen LogP contribution in [-0.2, 0) is 0 Å². The lowest BCUT2D eigenvalue weighted by Crippen LogP contribution is -2.35. The molecule has 0 bridgehead atoms. The molecule has 3 atom stereocenters. The van der Waals surface area contributed by atoms with Crippen LogP contribution in [-0.4, -0.2) is 31.4 Å². The summed E-state index contributed by atoms with van der Waals surface area (Å²) in [4.78, 5) is 12.4. The zero-order valence-corrected chi connectivity index (χ0v) is 19.0. The van der Waals surface area contributed by atoms with Crippen LogP contribution in [0, 0.1) is 13.8 Å². The van der Waals surface area contributed by atoms with Crippen molar-refractivity contribution >= 4 is 28.5 Å². The molecule has 1 aromatic carbocycles. The second-order valence-electron chi connectivity index (χ2n) is 7.98. The van der Waals surface area contributed by atoms with E-state index in [2.05, 4.69) is 59.5 Å². The van der Waals surface area contributed by atoms with Crippen LogP contribution >= 0.6 is 23.4 Å². The van der Waals surface area contributed by atoms with Crippen molar-refractivity contribution in [3.8, 4) is 5.69 Å². The van der Waals surface area contributed by atoms with Gasteiger partial charge in [-0.05, 0) is 62.2 Å². The number of rotatable bonds is 4. The highest BCUT2D eigenvalue weighted by Crippen LogP contribution is 2.49. The first-order valence-corrected chi connectivity index (χ1v) is 11.8. The average Bonchev–Trinajstić information content (AvgIpc) is 3.40. The highest BCUT2D eigenvalue weighted by molar-refractivity contribution is 8.14. The number of nitrogens with zero attached hydrogens (tertiary/aromatic N) is 4. The minimum atomic E-state index is 0.0105. The van der Waals surface area contributed by atoms with Crippen LogP contribution in [0.4, 0.5) is 0 Å². The van der Waals surface area contributed by atoms with E-state index in [1.165, 1.54) is 17.0 Å². The minimum Gasteiger partial charge on any atom is -0.338 e. The summed E-state index contributed by atoms with van der Waals surface area (Å²) < 4.78 is 2.30. The zero-order valence-electron chi connectivity index (χ0n) is 17.4. The molecule has 0 aliphatic carbocycles. The first kappa shape index (κ1) is 19.7.